The van der Waals surface area contributed by atoms with Crippen molar-refractivity contribution < 1.29 is 51.0 Å². The largest absolute Gasteiger partial charge is 3.00 e. The van der Waals surface area contributed by atoms with E-state index in [0.717, 1.165) is 0 Å². The second-order valence-corrected chi connectivity index (χ2v) is 3.48. The Labute approximate surface area is 123 Å². The van der Waals surface area contributed by atoms with Gasteiger partial charge in [-0.1, -0.05) is 26.0 Å². The third kappa shape index (κ3) is 3.98. The first-order valence-electron chi connectivity index (χ1n) is 4.39. The van der Waals surface area contributed by atoms with Crippen molar-refractivity contribution >= 4 is 6.08 Å². The Morgan fingerprint density at radius 1 is 1.20 bits per heavy atom. The first-order chi connectivity index (χ1) is 5.77. The smallest absolute Gasteiger partial charge is 1.00 e. The van der Waals surface area contributed by atoms with Gasteiger partial charge in [-0.2, -0.15) is 17.2 Å². The molecule has 1 unspecified atom stereocenters. The SMILES string of the molecule is Cc1cc2c([cH-]1)C=CC=CC2C.[Cl-].[Cl-].[Zr+3]. The summed E-state index contributed by atoms with van der Waals surface area (Å²) in [5.41, 5.74) is 4.20. The number of fused-ring (bicyclic) bond motifs is 1. The zero-order chi connectivity index (χ0) is 8.55. The molecule has 0 saturated carbocycles. The Bertz CT molecular complexity index is 351. The van der Waals surface area contributed by atoms with Crippen LogP contribution in [0.5, 0.6) is 0 Å². The molecule has 0 aromatic heterocycles. The van der Waals surface area contributed by atoms with Gasteiger partial charge in [0, 0.05) is 0 Å². The first-order valence-corrected chi connectivity index (χ1v) is 4.39. The van der Waals surface area contributed by atoms with Crippen LogP contribution in [0.3, 0.4) is 0 Å². The average molecular weight is 319 g/mol. The van der Waals surface area contributed by atoms with Crippen LogP contribution in [0.25, 0.3) is 6.08 Å². The molecule has 0 nitrogen and oxygen atoms in total. The molecule has 0 spiro atoms. The van der Waals surface area contributed by atoms with Crippen LogP contribution in [0.4, 0.5) is 0 Å². The van der Waals surface area contributed by atoms with Gasteiger partial charge in [0.2, 0.25) is 0 Å². The van der Waals surface area contributed by atoms with Crippen LogP contribution in [0.2, 0.25) is 0 Å². The van der Waals surface area contributed by atoms with Gasteiger partial charge in [0.15, 0.2) is 0 Å². The molecule has 0 N–H and O–H groups in total. The van der Waals surface area contributed by atoms with E-state index in [2.05, 4.69) is 50.3 Å². The van der Waals surface area contributed by atoms with Crippen molar-refractivity contribution in [3.05, 3.63) is 47.1 Å². The van der Waals surface area contributed by atoms with Gasteiger partial charge < -0.3 is 24.8 Å². The monoisotopic (exact) mass is 317 g/mol. The van der Waals surface area contributed by atoms with Crippen molar-refractivity contribution in [2.24, 2.45) is 0 Å². The third-order valence-electron chi connectivity index (χ3n) is 2.38. The van der Waals surface area contributed by atoms with E-state index in [9.17, 15) is 0 Å². The number of hydrogen-bond donors (Lipinski definition) is 0. The minimum absolute atomic E-state index is 0. The van der Waals surface area contributed by atoms with Gasteiger partial charge in [-0.05, 0) is 5.92 Å². The van der Waals surface area contributed by atoms with E-state index in [1.807, 2.05) is 0 Å². The van der Waals surface area contributed by atoms with Crippen molar-refractivity contribution in [3.8, 4) is 0 Å². The fourth-order valence-electron chi connectivity index (χ4n) is 1.73. The van der Waals surface area contributed by atoms with Gasteiger partial charge in [-0.3, -0.25) is 0 Å². The molecular weight excluding hydrogens is 306 g/mol. The minimum atomic E-state index is 0. The summed E-state index contributed by atoms with van der Waals surface area (Å²) in [4.78, 5) is 0. The van der Waals surface area contributed by atoms with Crippen molar-refractivity contribution in [1.82, 2.24) is 0 Å². The fraction of sp³-hybridized carbons (Fsp3) is 0.250. The van der Waals surface area contributed by atoms with Crippen LogP contribution in [-0.2, 0) is 26.2 Å². The molecule has 79 valence electrons. The summed E-state index contributed by atoms with van der Waals surface area (Å²) in [6.07, 6.45) is 8.66. The maximum atomic E-state index is 2.28. The number of allylic oxidation sites excluding steroid dienone is 3. The summed E-state index contributed by atoms with van der Waals surface area (Å²) < 4.78 is 0. The van der Waals surface area contributed by atoms with Gasteiger partial charge in [-0.15, -0.1) is 23.8 Å². The molecular formula is C12H13Cl2Zr. The molecule has 2 rings (SSSR count). The first kappa shape index (κ1) is 17.7. The molecule has 1 atom stereocenters. The van der Waals surface area contributed by atoms with E-state index in [4.69, 9.17) is 0 Å². The standard InChI is InChI=1S/C12H13.2ClH.Zr/c1-9-7-11-6-4-3-5-10(2)12(11)8-9;;;/h3-8,10H,1-2H3;2*1H;/q-1;;;+3/p-2. The van der Waals surface area contributed by atoms with Gasteiger partial charge in [0.05, 0.1) is 0 Å². The second-order valence-electron chi connectivity index (χ2n) is 3.48. The maximum absolute atomic E-state index is 2.28. The number of aryl methyl sites for hydroxylation is 1. The summed E-state index contributed by atoms with van der Waals surface area (Å²) in [5, 5.41) is 0. The van der Waals surface area contributed by atoms with Gasteiger partial charge >= 0.3 is 26.2 Å². The Balaban J connectivity index is 0. The van der Waals surface area contributed by atoms with Crippen LogP contribution in [-0.4, -0.2) is 0 Å². The second kappa shape index (κ2) is 7.55. The van der Waals surface area contributed by atoms with E-state index in [1.165, 1.54) is 16.7 Å². The zero-order valence-corrected chi connectivity index (χ0v) is 12.8. The number of hydrogen-bond acceptors (Lipinski definition) is 0. The van der Waals surface area contributed by atoms with Crippen LogP contribution >= 0.6 is 0 Å². The normalized spacial score (nSPS) is 16.5. The predicted molar refractivity (Wildman–Crippen MR) is 53.4 cm³/mol. The molecule has 15 heavy (non-hydrogen) atoms. The summed E-state index contributed by atoms with van der Waals surface area (Å²) >= 11 is 0. The van der Waals surface area contributed by atoms with Crippen molar-refractivity contribution in [2.75, 3.05) is 0 Å². The Morgan fingerprint density at radius 3 is 2.53 bits per heavy atom. The molecule has 0 heterocycles. The van der Waals surface area contributed by atoms with E-state index < -0.39 is 0 Å². The third-order valence-corrected chi connectivity index (χ3v) is 2.38. The molecule has 1 aromatic rings. The maximum Gasteiger partial charge on any atom is 3.00 e. The summed E-state index contributed by atoms with van der Waals surface area (Å²) in [6.45, 7) is 4.39. The molecule has 1 radical (unpaired) electrons. The molecule has 0 aliphatic heterocycles. The van der Waals surface area contributed by atoms with Crippen molar-refractivity contribution in [1.29, 1.82) is 0 Å². The molecule has 0 amide bonds. The minimum Gasteiger partial charge on any atom is -1.00 e. The van der Waals surface area contributed by atoms with Crippen LogP contribution in [0, 0.1) is 6.92 Å². The summed E-state index contributed by atoms with van der Waals surface area (Å²) in [5.74, 6) is 0.559. The van der Waals surface area contributed by atoms with E-state index in [-0.39, 0.29) is 51.0 Å². The molecule has 1 aliphatic rings. The van der Waals surface area contributed by atoms with Crippen LogP contribution in [0.15, 0.2) is 30.4 Å². The molecule has 1 aromatic carbocycles. The molecule has 0 fully saturated rings. The summed E-state index contributed by atoms with van der Waals surface area (Å²) in [6, 6.07) is 4.52. The van der Waals surface area contributed by atoms with E-state index in [1.54, 1.807) is 0 Å². The van der Waals surface area contributed by atoms with Crippen LogP contribution in [0.1, 0.15) is 29.5 Å². The number of rotatable bonds is 0. The quantitative estimate of drug-likeness (QED) is 0.461. The van der Waals surface area contributed by atoms with Crippen molar-refractivity contribution in [2.45, 2.75) is 19.8 Å². The zero-order valence-electron chi connectivity index (χ0n) is 8.80. The Morgan fingerprint density at radius 2 is 1.87 bits per heavy atom. The molecule has 0 saturated heterocycles. The van der Waals surface area contributed by atoms with Crippen molar-refractivity contribution in [3.63, 3.8) is 0 Å². The predicted octanol–water partition coefficient (Wildman–Crippen LogP) is -2.59. The molecule has 0 bridgehead atoms. The Kier molecular flexibility index (Phi) is 8.90. The van der Waals surface area contributed by atoms with Gasteiger partial charge in [0.1, 0.15) is 0 Å². The van der Waals surface area contributed by atoms with E-state index in [0.29, 0.717) is 5.92 Å². The summed E-state index contributed by atoms with van der Waals surface area (Å²) in [7, 11) is 0. The average Bonchev–Trinajstić information content (AvgIpc) is 2.33. The fourth-order valence-corrected chi connectivity index (χ4v) is 1.73. The van der Waals surface area contributed by atoms with Gasteiger partial charge in [-0.25, -0.2) is 0 Å². The Hall–Kier alpha value is 0.293. The topological polar surface area (TPSA) is 0 Å². The van der Waals surface area contributed by atoms with Crippen LogP contribution < -0.4 is 24.8 Å². The van der Waals surface area contributed by atoms with Gasteiger partial charge in [0.25, 0.3) is 0 Å². The molecule has 1 aliphatic carbocycles. The molecule has 3 heteroatoms. The van der Waals surface area contributed by atoms with E-state index >= 15 is 0 Å². The number of halogens is 2.